The van der Waals surface area contributed by atoms with Crippen molar-refractivity contribution in [1.29, 1.82) is 0 Å². The zero-order valence-electron chi connectivity index (χ0n) is 11.4. The van der Waals surface area contributed by atoms with Crippen molar-refractivity contribution < 1.29 is 14.6 Å². The molecule has 1 amide bonds. The van der Waals surface area contributed by atoms with Crippen LogP contribution in [0.4, 0.5) is 0 Å². The number of methoxy groups -OCH3 is 1. The number of benzene rings is 1. The van der Waals surface area contributed by atoms with Crippen LogP contribution in [0.2, 0.25) is 0 Å². The average molecular weight is 263 g/mol. The Morgan fingerprint density at radius 1 is 1.53 bits per heavy atom. The van der Waals surface area contributed by atoms with E-state index in [1.807, 2.05) is 31.2 Å². The van der Waals surface area contributed by atoms with Crippen LogP contribution in [0, 0.1) is 0 Å². The van der Waals surface area contributed by atoms with Gasteiger partial charge in [0.1, 0.15) is 5.75 Å². The molecule has 1 aromatic rings. The van der Waals surface area contributed by atoms with Gasteiger partial charge in [-0.3, -0.25) is 4.79 Å². The monoisotopic (exact) mass is 263 g/mol. The van der Waals surface area contributed by atoms with Gasteiger partial charge in [0.2, 0.25) is 5.91 Å². The van der Waals surface area contributed by atoms with Gasteiger partial charge in [0, 0.05) is 18.7 Å². The van der Waals surface area contributed by atoms with Gasteiger partial charge < -0.3 is 15.2 Å². The Hall–Kier alpha value is -1.81. The minimum absolute atomic E-state index is 0.0645. The van der Waals surface area contributed by atoms with Crippen molar-refractivity contribution in [3.63, 3.8) is 0 Å². The second-order valence-corrected chi connectivity index (χ2v) is 4.39. The lowest BCUT2D eigenvalue weighted by molar-refractivity contribution is -0.117. The van der Waals surface area contributed by atoms with Crippen molar-refractivity contribution in [2.45, 2.75) is 25.8 Å². The summed E-state index contributed by atoms with van der Waals surface area (Å²) in [5.74, 6) is 0.632. The number of amides is 1. The summed E-state index contributed by atoms with van der Waals surface area (Å²) in [6.45, 7) is 2.08. The molecule has 4 heteroatoms. The summed E-state index contributed by atoms with van der Waals surface area (Å²) in [6.07, 6.45) is 4.72. The minimum atomic E-state index is -0.131. The van der Waals surface area contributed by atoms with Crippen LogP contribution in [0.5, 0.6) is 5.75 Å². The number of ether oxygens (including phenoxy) is 1. The Labute approximate surface area is 114 Å². The molecule has 0 aliphatic carbocycles. The maximum Gasteiger partial charge on any atom is 0.244 e. The fourth-order valence-electron chi connectivity index (χ4n) is 1.68. The number of hydrogen-bond donors (Lipinski definition) is 2. The predicted molar refractivity (Wildman–Crippen MR) is 76.0 cm³/mol. The van der Waals surface area contributed by atoms with E-state index in [9.17, 15) is 4.79 Å². The van der Waals surface area contributed by atoms with E-state index in [2.05, 4.69) is 5.32 Å². The summed E-state index contributed by atoms with van der Waals surface area (Å²) in [5, 5.41) is 11.6. The van der Waals surface area contributed by atoms with Gasteiger partial charge in [0.15, 0.2) is 0 Å². The summed E-state index contributed by atoms with van der Waals surface area (Å²) in [6, 6.07) is 7.56. The molecule has 0 fully saturated rings. The van der Waals surface area contributed by atoms with Gasteiger partial charge >= 0.3 is 0 Å². The van der Waals surface area contributed by atoms with Crippen molar-refractivity contribution in [2.24, 2.45) is 0 Å². The van der Waals surface area contributed by atoms with Crippen LogP contribution in [0.25, 0.3) is 6.08 Å². The van der Waals surface area contributed by atoms with Crippen LogP contribution >= 0.6 is 0 Å². The topological polar surface area (TPSA) is 58.6 Å². The lowest BCUT2D eigenvalue weighted by Gasteiger charge is -2.11. The highest BCUT2D eigenvalue weighted by molar-refractivity contribution is 5.91. The maximum atomic E-state index is 11.7. The molecule has 2 N–H and O–H groups in total. The fourth-order valence-corrected chi connectivity index (χ4v) is 1.68. The van der Waals surface area contributed by atoms with Crippen molar-refractivity contribution in [3.05, 3.63) is 35.9 Å². The van der Waals surface area contributed by atoms with Gasteiger partial charge in [0.25, 0.3) is 0 Å². The molecule has 1 unspecified atom stereocenters. The van der Waals surface area contributed by atoms with Crippen LogP contribution in [0.15, 0.2) is 30.3 Å². The average Bonchev–Trinajstić information content (AvgIpc) is 2.43. The quantitative estimate of drug-likeness (QED) is 0.740. The SMILES string of the molecule is COc1cccc(C=CC(=O)NC(C)CCCO)c1. The molecule has 0 aromatic heterocycles. The van der Waals surface area contributed by atoms with E-state index >= 15 is 0 Å². The summed E-state index contributed by atoms with van der Waals surface area (Å²) in [4.78, 5) is 11.7. The van der Waals surface area contributed by atoms with Crippen LogP contribution in [0.3, 0.4) is 0 Å². The number of carbonyl (C=O) groups is 1. The van der Waals surface area contributed by atoms with Crippen molar-refractivity contribution in [1.82, 2.24) is 5.32 Å². The van der Waals surface area contributed by atoms with Crippen molar-refractivity contribution in [3.8, 4) is 5.75 Å². The maximum absolute atomic E-state index is 11.7. The molecule has 0 aliphatic rings. The molecule has 4 nitrogen and oxygen atoms in total. The van der Waals surface area contributed by atoms with Crippen LogP contribution < -0.4 is 10.1 Å². The summed E-state index contributed by atoms with van der Waals surface area (Å²) in [7, 11) is 1.61. The standard InChI is InChI=1S/C15H21NO3/c1-12(5-4-10-17)16-15(18)9-8-13-6-3-7-14(11-13)19-2/h3,6-9,11-12,17H,4-5,10H2,1-2H3,(H,16,18). The second-order valence-electron chi connectivity index (χ2n) is 4.39. The van der Waals surface area contributed by atoms with Crippen LogP contribution in [0.1, 0.15) is 25.3 Å². The zero-order chi connectivity index (χ0) is 14.1. The molecule has 0 aliphatic heterocycles. The third-order valence-electron chi connectivity index (χ3n) is 2.70. The van der Waals surface area contributed by atoms with Crippen LogP contribution in [-0.4, -0.2) is 30.8 Å². The first-order valence-corrected chi connectivity index (χ1v) is 6.39. The smallest absolute Gasteiger partial charge is 0.244 e. The second kappa shape index (κ2) is 8.32. The molecule has 0 saturated carbocycles. The van der Waals surface area contributed by atoms with Crippen molar-refractivity contribution in [2.75, 3.05) is 13.7 Å². The van der Waals surface area contributed by atoms with E-state index < -0.39 is 0 Å². The first kappa shape index (κ1) is 15.2. The summed E-state index contributed by atoms with van der Waals surface area (Å²) < 4.78 is 5.11. The molecule has 0 radical (unpaired) electrons. The highest BCUT2D eigenvalue weighted by Crippen LogP contribution is 2.13. The highest BCUT2D eigenvalue weighted by atomic mass is 16.5. The first-order valence-electron chi connectivity index (χ1n) is 6.39. The Balaban J connectivity index is 2.48. The van der Waals surface area contributed by atoms with E-state index in [1.165, 1.54) is 6.08 Å². The molecule has 0 bridgehead atoms. The largest absolute Gasteiger partial charge is 0.497 e. The highest BCUT2D eigenvalue weighted by Gasteiger charge is 2.03. The number of rotatable bonds is 7. The first-order chi connectivity index (χ1) is 9.15. The fraction of sp³-hybridized carbons (Fsp3) is 0.400. The molecular weight excluding hydrogens is 242 g/mol. The number of aliphatic hydroxyl groups is 1. The minimum Gasteiger partial charge on any atom is -0.497 e. The Morgan fingerprint density at radius 2 is 2.32 bits per heavy atom. The molecule has 1 rings (SSSR count). The summed E-state index contributed by atoms with van der Waals surface area (Å²) in [5.41, 5.74) is 0.914. The predicted octanol–water partition coefficient (Wildman–Crippen LogP) is 1.99. The van der Waals surface area contributed by atoms with E-state index in [4.69, 9.17) is 9.84 Å². The number of hydrogen-bond acceptors (Lipinski definition) is 3. The molecule has 0 saturated heterocycles. The normalized spacial score (nSPS) is 12.4. The van der Waals surface area contributed by atoms with Gasteiger partial charge in [-0.15, -0.1) is 0 Å². The van der Waals surface area contributed by atoms with E-state index in [-0.39, 0.29) is 18.6 Å². The summed E-state index contributed by atoms with van der Waals surface area (Å²) >= 11 is 0. The molecule has 104 valence electrons. The van der Waals surface area contributed by atoms with Crippen LogP contribution in [-0.2, 0) is 4.79 Å². The zero-order valence-corrected chi connectivity index (χ0v) is 11.4. The van der Waals surface area contributed by atoms with E-state index in [1.54, 1.807) is 13.2 Å². The van der Waals surface area contributed by atoms with E-state index in [0.717, 1.165) is 17.7 Å². The number of nitrogens with one attached hydrogen (secondary N) is 1. The number of aliphatic hydroxyl groups excluding tert-OH is 1. The van der Waals surface area contributed by atoms with Gasteiger partial charge in [-0.1, -0.05) is 12.1 Å². The Bertz CT molecular complexity index is 429. The van der Waals surface area contributed by atoms with Gasteiger partial charge in [-0.2, -0.15) is 0 Å². The van der Waals surface area contributed by atoms with Gasteiger partial charge in [0.05, 0.1) is 7.11 Å². The molecule has 0 heterocycles. The molecule has 1 atom stereocenters. The Kier molecular flexibility index (Phi) is 6.68. The molecule has 0 spiro atoms. The lowest BCUT2D eigenvalue weighted by Crippen LogP contribution is -2.31. The molecule has 19 heavy (non-hydrogen) atoms. The van der Waals surface area contributed by atoms with Crippen molar-refractivity contribution >= 4 is 12.0 Å². The number of carbonyl (C=O) groups excluding carboxylic acids is 1. The third kappa shape index (κ3) is 6.06. The molecule has 1 aromatic carbocycles. The van der Waals surface area contributed by atoms with Gasteiger partial charge in [-0.05, 0) is 43.5 Å². The van der Waals surface area contributed by atoms with E-state index in [0.29, 0.717) is 6.42 Å². The van der Waals surface area contributed by atoms with Gasteiger partial charge in [-0.25, -0.2) is 0 Å². The molecular formula is C15H21NO3. The third-order valence-corrected chi connectivity index (χ3v) is 2.70. The lowest BCUT2D eigenvalue weighted by atomic mass is 10.2. The Morgan fingerprint density at radius 3 is 3.00 bits per heavy atom.